The molecular formula is C23H34N2O7. The fourth-order valence-corrected chi connectivity index (χ4v) is 3.84. The first-order valence-electron chi connectivity index (χ1n) is 11.2. The zero-order valence-electron chi connectivity index (χ0n) is 18.2. The number of nitrogens with two attached hydrogens (primary N) is 1. The van der Waals surface area contributed by atoms with E-state index >= 15 is 0 Å². The number of nitrogens with zero attached hydrogens (tertiary/aromatic N) is 1. The van der Waals surface area contributed by atoms with Gasteiger partial charge >= 0.3 is 0 Å². The molecule has 9 heteroatoms. The zero-order chi connectivity index (χ0) is 22.9. The number of benzene rings is 1. The van der Waals surface area contributed by atoms with E-state index in [0.29, 0.717) is 18.9 Å². The Morgan fingerprint density at radius 1 is 0.938 bits per heavy atom. The van der Waals surface area contributed by atoms with E-state index in [9.17, 15) is 20.4 Å². The summed E-state index contributed by atoms with van der Waals surface area (Å²) in [6.07, 6.45) is 1.63. The molecule has 32 heavy (non-hydrogen) atoms. The molecule has 1 saturated heterocycles. The third-order valence-electron chi connectivity index (χ3n) is 5.67. The van der Waals surface area contributed by atoms with Crippen LogP contribution in [0.25, 0.3) is 10.9 Å². The fraction of sp³-hybridized carbons (Fsp3) is 0.609. The first kappa shape index (κ1) is 24.6. The lowest BCUT2D eigenvalue weighted by atomic mass is 9.99. The second kappa shape index (κ2) is 12.3. The molecule has 0 amide bonds. The van der Waals surface area contributed by atoms with Crippen molar-refractivity contribution in [2.45, 2.75) is 69.2 Å². The molecule has 178 valence electrons. The Morgan fingerprint density at radius 3 is 2.41 bits per heavy atom. The summed E-state index contributed by atoms with van der Waals surface area (Å²) in [6.45, 7) is 0.535. The van der Waals surface area contributed by atoms with E-state index < -0.39 is 37.3 Å². The normalized spacial score (nSPS) is 25.8. The Labute approximate surface area is 187 Å². The number of nitrogen functional groups attached to an aromatic ring is 1. The minimum Gasteiger partial charge on any atom is -0.493 e. The molecular weight excluding hydrogens is 416 g/mol. The molecule has 6 N–H and O–H groups in total. The average molecular weight is 451 g/mol. The van der Waals surface area contributed by atoms with Crippen LogP contribution in [0.15, 0.2) is 30.5 Å². The third-order valence-corrected chi connectivity index (χ3v) is 5.67. The third kappa shape index (κ3) is 6.50. The van der Waals surface area contributed by atoms with Crippen LogP contribution in [0, 0.1) is 0 Å². The number of fused-ring (bicyclic) bond motifs is 1. The van der Waals surface area contributed by atoms with Gasteiger partial charge in [0, 0.05) is 23.9 Å². The number of aliphatic hydroxyl groups excluding tert-OH is 4. The van der Waals surface area contributed by atoms with Crippen LogP contribution in [0.2, 0.25) is 0 Å². The molecule has 2 heterocycles. The summed E-state index contributed by atoms with van der Waals surface area (Å²) in [5, 5.41) is 39.8. The second-order valence-corrected chi connectivity index (χ2v) is 8.12. The molecule has 0 aliphatic carbocycles. The Bertz CT molecular complexity index is 837. The Balaban J connectivity index is 1.26. The molecule has 0 saturated carbocycles. The summed E-state index contributed by atoms with van der Waals surface area (Å²) in [5.41, 5.74) is 7.31. The lowest BCUT2D eigenvalue weighted by Crippen LogP contribution is -2.59. The van der Waals surface area contributed by atoms with E-state index in [1.165, 1.54) is 0 Å². The van der Waals surface area contributed by atoms with Gasteiger partial charge in [0.15, 0.2) is 6.29 Å². The minimum absolute atomic E-state index is 0.354. The zero-order valence-corrected chi connectivity index (χ0v) is 18.2. The number of unbranched alkanes of at least 4 members (excludes halogenated alkanes) is 5. The molecule has 1 unspecified atom stereocenters. The molecule has 5 atom stereocenters. The summed E-state index contributed by atoms with van der Waals surface area (Å²) >= 11 is 0. The van der Waals surface area contributed by atoms with Crippen LogP contribution in [-0.2, 0) is 9.47 Å². The van der Waals surface area contributed by atoms with Crippen LogP contribution >= 0.6 is 0 Å². The van der Waals surface area contributed by atoms with Crippen LogP contribution in [0.4, 0.5) is 5.69 Å². The molecule has 1 aliphatic heterocycles. The number of hydrogen-bond donors (Lipinski definition) is 5. The molecule has 1 aromatic heterocycles. The smallest absolute Gasteiger partial charge is 0.184 e. The first-order valence-corrected chi connectivity index (χ1v) is 11.2. The maximum Gasteiger partial charge on any atom is 0.184 e. The molecule has 1 aliphatic rings. The summed E-state index contributed by atoms with van der Waals surface area (Å²) in [5.74, 6) is 0.818. The van der Waals surface area contributed by atoms with Crippen molar-refractivity contribution in [3.05, 3.63) is 30.5 Å². The van der Waals surface area contributed by atoms with Crippen LogP contribution in [0.1, 0.15) is 38.5 Å². The van der Waals surface area contributed by atoms with Gasteiger partial charge in [0.05, 0.1) is 18.7 Å². The van der Waals surface area contributed by atoms with Gasteiger partial charge in [-0.2, -0.15) is 0 Å². The number of ether oxygens (including phenoxy) is 3. The Morgan fingerprint density at radius 2 is 1.66 bits per heavy atom. The molecule has 0 radical (unpaired) electrons. The van der Waals surface area contributed by atoms with E-state index in [1.807, 2.05) is 24.3 Å². The van der Waals surface area contributed by atoms with E-state index in [-0.39, 0.29) is 0 Å². The standard InChI is InChI=1S/C23H34N2O7/c24-15-7-8-16-17(13-15)25-10-9-18(16)30-11-5-3-1-2-4-6-12-31-22-20(27)19(14-26)32-23(29)21(22)28/h7-10,13,19-23,26-29H,1-6,11-12,14,24H2/t19-,20-,21-,22+,23?/m1/s1. The summed E-state index contributed by atoms with van der Waals surface area (Å²) in [4.78, 5) is 4.32. The topological polar surface area (TPSA) is 148 Å². The monoisotopic (exact) mass is 450 g/mol. The fourth-order valence-electron chi connectivity index (χ4n) is 3.84. The van der Waals surface area contributed by atoms with Gasteiger partial charge in [0.25, 0.3) is 0 Å². The highest BCUT2D eigenvalue weighted by Gasteiger charge is 2.44. The number of pyridine rings is 1. The first-order chi connectivity index (χ1) is 15.5. The summed E-state index contributed by atoms with van der Waals surface area (Å²) in [6, 6.07) is 7.48. The van der Waals surface area contributed by atoms with Crippen LogP contribution < -0.4 is 10.5 Å². The highest BCUT2D eigenvalue weighted by Crippen LogP contribution is 2.26. The van der Waals surface area contributed by atoms with Gasteiger partial charge in [-0.25, -0.2) is 0 Å². The Kier molecular flexibility index (Phi) is 9.46. The highest BCUT2D eigenvalue weighted by atomic mass is 16.6. The largest absolute Gasteiger partial charge is 0.493 e. The predicted molar refractivity (Wildman–Crippen MR) is 119 cm³/mol. The van der Waals surface area contributed by atoms with Gasteiger partial charge in [0.2, 0.25) is 0 Å². The average Bonchev–Trinajstić information content (AvgIpc) is 2.79. The molecule has 3 rings (SSSR count). The number of aromatic nitrogens is 1. The molecule has 2 aromatic rings. The van der Waals surface area contributed by atoms with Gasteiger partial charge in [-0.05, 0) is 37.1 Å². The maximum atomic E-state index is 10.1. The van der Waals surface area contributed by atoms with E-state index in [4.69, 9.17) is 19.9 Å². The van der Waals surface area contributed by atoms with Gasteiger partial charge in [-0.15, -0.1) is 0 Å². The minimum atomic E-state index is -1.48. The quantitative estimate of drug-likeness (QED) is 0.239. The second-order valence-electron chi connectivity index (χ2n) is 8.12. The highest BCUT2D eigenvalue weighted by molar-refractivity contribution is 5.87. The van der Waals surface area contributed by atoms with Crippen molar-refractivity contribution in [1.29, 1.82) is 0 Å². The van der Waals surface area contributed by atoms with Crippen molar-refractivity contribution in [2.75, 3.05) is 25.6 Å². The van der Waals surface area contributed by atoms with Crippen LogP contribution in [0.5, 0.6) is 5.75 Å². The van der Waals surface area contributed by atoms with Crippen molar-refractivity contribution in [3.8, 4) is 5.75 Å². The Hall–Kier alpha value is -2.01. The summed E-state index contributed by atoms with van der Waals surface area (Å²) < 4.78 is 16.4. The lowest BCUT2D eigenvalue weighted by molar-refractivity contribution is -0.294. The van der Waals surface area contributed by atoms with Gasteiger partial charge < -0.3 is 40.4 Å². The molecule has 1 fully saturated rings. The predicted octanol–water partition coefficient (Wildman–Crippen LogP) is 1.35. The number of hydrogen-bond acceptors (Lipinski definition) is 9. The van der Waals surface area contributed by atoms with Crippen molar-refractivity contribution >= 4 is 16.6 Å². The lowest BCUT2D eigenvalue weighted by Gasteiger charge is -2.39. The number of rotatable bonds is 12. The summed E-state index contributed by atoms with van der Waals surface area (Å²) in [7, 11) is 0. The molecule has 0 spiro atoms. The van der Waals surface area contributed by atoms with Crippen LogP contribution in [-0.4, -0.2) is 75.9 Å². The van der Waals surface area contributed by atoms with E-state index in [0.717, 1.165) is 55.2 Å². The van der Waals surface area contributed by atoms with Gasteiger partial charge in [-0.3, -0.25) is 4.98 Å². The van der Waals surface area contributed by atoms with Crippen molar-refractivity contribution < 1.29 is 34.6 Å². The molecule has 1 aromatic carbocycles. The van der Waals surface area contributed by atoms with Crippen molar-refractivity contribution in [1.82, 2.24) is 4.98 Å². The molecule has 9 nitrogen and oxygen atoms in total. The maximum absolute atomic E-state index is 10.1. The SMILES string of the molecule is Nc1ccc2c(OCCCCCCCCO[C@H]3[C@H](O)[C@@H](CO)OC(O)[C@@H]3O)ccnc2c1. The van der Waals surface area contributed by atoms with E-state index in [1.54, 1.807) is 6.20 Å². The van der Waals surface area contributed by atoms with Crippen molar-refractivity contribution in [3.63, 3.8) is 0 Å². The van der Waals surface area contributed by atoms with Gasteiger partial charge in [0.1, 0.15) is 30.2 Å². The number of anilines is 1. The van der Waals surface area contributed by atoms with Crippen LogP contribution in [0.3, 0.4) is 0 Å². The van der Waals surface area contributed by atoms with Gasteiger partial charge in [-0.1, -0.05) is 25.7 Å². The molecule has 0 bridgehead atoms. The number of aliphatic hydroxyl groups is 4. The van der Waals surface area contributed by atoms with E-state index in [2.05, 4.69) is 4.98 Å². The van der Waals surface area contributed by atoms with Crippen molar-refractivity contribution in [2.24, 2.45) is 0 Å².